The first kappa shape index (κ1) is 11.9. The molecule has 0 atom stereocenters. The number of phenolic OH excluding ortho intramolecular Hbond substituents is 2. The van der Waals surface area contributed by atoms with Crippen molar-refractivity contribution in [2.24, 2.45) is 0 Å². The maximum Gasteiger partial charge on any atom is 0.189 e. The zero-order valence-corrected chi connectivity index (χ0v) is 9.45. The van der Waals surface area contributed by atoms with E-state index in [1.165, 1.54) is 24.3 Å². The number of nitrogens with zero attached hydrogens (tertiary/aromatic N) is 1. The average Bonchev–Trinajstić information content (AvgIpc) is 2.40. The predicted molar refractivity (Wildman–Crippen MR) is 67.4 cm³/mol. The van der Waals surface area contributed by atoms with Gasteiger partial charge in [0.1, 0.15) is 11.5 Å². The van der Waals surface area contributed by atoms with Crippen molar-refractivity contribution in [3.8, 4) is 11.5 Å². The third-order valence-corrected chi connectivity index (χ3v) is 2.36. The molecule has 0 aliphatic carbocycles. The van der Waals surface area contributed by atoms with Gasteiger partial charge in [0, 0.05) is 12.4 Å². The fraction of sp³-hybridized carbons (Fsp3) is 0. The number of rotatable bonds is 3. The number of allylic oxidation sites excluding steroid dienone is 1. The van der Waals surface area contributed by atoms with E-state index in [4.69, 9.17) is 0 Å². The number of ketones is 1. The summed E-state index contributed by atoms with van der Waals surface area (Å²) in [6, 6.07) is 7.39. The number of carbonyl (C=O) groups is 1. The second-order valence-electron chi connectivity index (χ2n) is 3.69. The van der Waals surface area contributed by atoms with Crippen LogP contribution in [0.25, 0.3) is 6.08 Å². The summed E-state index contributed by atoms with van der Waals surface area (Å²) in [4.78, 5) is 15.7. The van der Waals surface area contributed by atoms with E-state index in [1.54, 1.807) is 30.6 Å². The Morgan fingerprint density at radius 3 is 2.78 bits per heavy atom. The van der Waals surface area contributed by atoms with Gasteiger partial charge in [0.2, 0.25) is 0 Å². The third-order valence-electron chi connectivity index (χ3n) is 2.36. The van der Waals surface area contributed by atoms with Crippen molar-refractivity contribution in [1.82, 2.24) is 4.98 Å². The summed E-state index contributed by atoms with van der Waals surface area (Å²) in [5.41, 5.74) is 0.848. The van der Waals surface area contributed by atoms with Crippen molar-refractivity contribution < 1.29 is 15.0 Å². The zero-order valence-electron chi connectivity index (χ0n) is 9.45. The van der Waals surface area contributed by atoms with Gasteiger partial charge in [-0.25, -0.2) is 0 Å². The summed E-state index contributed by atoms with van der Waals surface area (Å²) in [7, 11) is 0. The number of phenols is 2. The topological polar surface area (TPSA) is 70.4 Å². The quantitative estimate of drug-likeness (QED) is 0.491. The van der Waals surface area contributed by atoms with Crippen LogP contribution >= 0.6 is 0 Å². The van der Waals surface area contributed by atoms with Gasteiger partial charge in [0.25, 0.3) is 0 Å². The molecule has 90 valence electrons. The zero-order chi connectivity index (χ0) is 13.0. The SMILES string of the molecule is O=C(C=Cc1cccnc1)c1cc(O)ccc1O. The Bertz CT molecular complexity index is 591. The van der Waals surface area contributed by atoms with Gasteiger partial charge in [0.15, 0.2) is 5.78 Å². The largest absolute Gasteiger partial charge is 0.508 e. The third kappa shape index (κ3) is 2.74. The minimum atomic E-state index is -0.382. The molecule has 0 unspecified atom stereocenters. The summed E-state index contributed by atoms with van der Waals surface area (Å²) in [5.74, 6) is -0.605. The Balaban J connectivity index is 2.22. The first-order valence-corrected chi connectivity index (χ1v) is 5.31. The molecule has 0 saturated heterocycles. The van der Waals surface area contributed by atoms with Crippen molar-refractivity contribution in [3.63, 3.8) is 0 Å². The molecule has 1 heterocycles. The van der Waals surface area contributed by atoms with Crippen molar-refractivity contribution >= 4 is 11.9 Å². The van der Waals surface area contributed by atoms with Crippen LogP contribution in [0.4, 0.5) is 0 Å². The fourth-order valence-corrected chi connectivity index (χ4v) is 1.46. The molecule has 18 heavy (non-hydrogen) atoms. The number of aromatic hydroxyl groups is 2. The van der Waals surface area contributed by atoms with Gasteiger partial charge in [-0.1, -0.05) is 6.07 Å². The molecule has 0 aliphatic heterocycles. The van der Waals surface area contributed by atoms with Gasteiger partial charge < -0.3 is 10.2 Å². The summed E-state index contributed by atoms with van der Waals surface area (Å²) in [5, 5.41) is 18.8. The highest BCUT2D eigenvalue weighted by Crippen LogP contribution is 2.22. The van der Waals surface area contributed by atoms with E-state index >= 15 is 0 Å². The van der Waals surface area contributed by atoms with Crippen LogP contribution in [-0.2, 0) is 0 Å². The van der Waals surface area contributed by atoms with Gasteiger partial charge in [-0.15, -0.1) is 0 Å². The molecule has 1 aromatic carbocycles. The van der Waals surface area contributed by atoms with Gasteiger partial charge in [-0.3, -0.25) is 9.78 Å². The van der Waals surface area contributed by atoms with Crippen LogP contribution in [0, 0.1) is 0 Å². The minimum absolute atomic E-state index is 0.0640. The molecule has 2 N–H and O–H groups in total. The molecule has 0 spiro atoms. The molecular formula is C14H11NO3. The van der Waals surface area contributed by atoms with E-state index in [-0.39, 0.29) is 22.8 Å². The molecule has 2 aromatic rings. The van der Waals surface area contributed by atoms with Crippen LogP contribution in [0.3, 0.4) is 0 Å². The second-order valence-corrected chi connectivity index (χ2v) is 3.69. The van der Waals surface area contributed by atoms with Crippen LogP contribution in [0.1, 0.15) is 15.9 Å². The van der Waals surface area contributed by atoms with Crippen molar-refractivity contribution in [1.29, 1.82) is 0 Å². The van der Waals surface area contributed by atoms with E-state index in [0.717, 1.165) is 5.56 Å². The van der Waals surface area contributed by atoms with Gasteiger partial charge in [0.05, 0.1) is 5.56 Å². The van der Waals surface area contributed by atoms with Crippen molar-refractivity contribution in [2.75, 3.05) is 0 Å². The Morgan fingerprint density at radius 1 is 1.22 bits per heavy atom. The van der Waals surface area contributed by atoms with Crippen LogP contribution in [0.5, 0.6) is 11.5 Å². The minimum Gasteiger partial charge on any atom is -0.508 e. The first-order chi connectivity index (χ1) is 8.66. The predicted octanol–water partition coefficient (Wildman–Crippen LogP) is 2.39. The van der Waals surface area contributed by atoms with Gasteiger partial charge >= 0.3 is 0 Å². The lowest BCUT2D eigenvalue weighted by Gasteiger charge is -2.00. The van der Waals surface area contributed by atoms with Crippen LogP contribution in [0.2, 0.25) is 0 Å². The fourth-order valence-electron chi connectivity index (χ4n) is 1.46. The molecule has 1 aromatic heterocycles. The summed E-state index contributed by atoms with van der Waals surface area (Å²) in [6.07, 6.45) is 6.18. The van der Waals surface area contributed by atoms with Crippen molar-refractivity contribution in [3.05, 3.63) is 59.9 Å². The lowest BCUT2D eigenvalue weighted by atomic mass is 10.1. The van der Waals surface area contributed by atoms with E-state index < -0.39 is 0 Å². The summed E-state index contributed by atoms with van der Waals surface area (Å²) < 4.78 is 0. The number of benzene rings is 1. The smallest absolute Gasteiger partial charge is 0.189 e. The van der Waals surface area contributed by atoms with E-state index in [2.05, 4.69) is 4.98 Å². The summed E-state index contributed by atoms with van der Waals surface area (Å²) >= 11 is 0. The molecule has 4 heteroatoms. The highest BCUT2D eigenvalue weighted by Gasteiger charge is 2.08. The number of pyridine rings is 1. The van der Waals surface area contributed by atoms with E-state index in [9.17, 15) is 15.0 Å². The maximum atomic E-state index is 11.8. The Kier molecular flexibility index (Phi) is 3.38. The molecular weight excluding hydrogens is 230 g/mol. The average molecular weight is 241 g/mol. The summed E-state index contributed by atoms with van der Waals surface area (Å²) in [6.45, 7) is 0. The van der Waals surface area contributed by atoms with E-state index in [1.807, 2.05) is 0 Å². The molecule has 0 bridgehead atoms. The van der Waals surface area contributed by atoms with Crippen LogP contribution < -0.4 is 0 Å². The van der Waals surface area contributed by atoms with Crippen LogP contribution in [0.15, 0.2) is 48.8 Å². The highest BCUT2D eigenvalue weighted by molar-refractivity contribution is 6.08. The number of aromatic nitrogens is 1. The van der Waals surface area contributed by atoms with E-state index in [0.29, 0.717) is 0 Å². The molecule has 0 radical (unpaired) electrons. The Labute approximate surface area is 104 Å². The normalized spacial score (nSPS) is 10.7. The molecule has 0 aliphatic rings. The van der Waals surface area contributed by atoms with Gasteiger partial charge in [-0.2, -0.15) is 0 Å². The Hall–Kier alpha value is -2.62. The lowest BCUT2D eigenvalue weighted by molar-refractivity contribution is 0.104. The number of carbonyl (C=O) groups excluding carboxylic acids is 1. The molecule has 2 rings (SSSR count). The molecule has 4 nitrogen and oxygen atoms in total. The Morgan fingerprint density at radius 2 is 2.06 bits per heavy atom. The monoisotopic (exact) mass is 241 g/mol. The molecule has 0 amide bonds. The first-order valence-electron chi connectivity index (χ1n) is 5.31. The van der Waals surface area contributed by atoms with Crippen LogP contribution in [-0.4, -0.2) is 21.0 Å². The van der Waals surface area contributed by atoms with Gasteiger partial charge in [-0.05, 0) is 42.0 Å². The highest BCUT2D eigenvalue weighted by atomic mass is 16.3. The molecule has 0 saturated carbocycles. The standard InChI is InChI=1S/C14H11NO3/c16-11-4-6-14(18)12(8-11)13(17)5-3-10-2-1-7-15-9-10/h1-9,16,18H. The molecule has 0 fully saturated rings. The number of hydrogen-bond acceptors (Lipinski definition) is 4. The lowest BCUT2D eigenvalue weighted by Crippen LogP contribution is -1.94. The van der Waals surface area contributed by atoms with Crippen molar-refractivity contribution in [2.45, 2.75) is 0 Å². The maximum absolute atomic E-state index is 11.8. The number of hydrogen-bond donors (Lipinski definition) is 2. The second kappa shape index (κ2) is 5.14.